The molecule has 1 amide bonds. The van der Waals surface area contributed by atoms with Crippen LogP contribution in [0.5, 0.6) is 5.88 Å². The molecule has 1 unspecified atom stereocenters. The number of nitrogens with one attached hydrogen (secondary N) is 1. The summed E-state index contributed by atoms with van der Waals surface area (Å²) in [5.41, 5.74) is 6.12. The number of likely N-dealkylation sites (N-methyl/N-ethyl adjacent to an activating group) is 1. The molecule has 0 saturated carbocycles. The van der Waals surface area contributed by atoms with Crippen LogP contribution in [-0.2, 0) is 4.79 Å². The molecule has 1 aromatic heterocycles. The fraction of sp³-hybridized carbons (Fsp3) is 0.500. The zero-order chi connectivity index (χ0) is 13.5. The second-order valence-electron chi connectivity index (χ2n) is 4.23. The van der Waals surface area contributed by atoms with E-state index in [9.17, 15) is 4.79 Å². The number of hydrogen-bond donors (Lipinski definition) is 2. The Bertz CT molecular complexity index is 378. The van der Waals surface area contributed by atoms with Gasteiger partial charge in [-0.15, -0.1) is 0 Å². The largest absolute Gasteiger partial charge is 0.481 e. The lowest BCUT2D eigenvalue weighted by Gasteiger charge is -2.17. The van der Waals surface area contributed by atoms with Gasteiger partial charge in [0.05, 0.1) is 7.11 Å². The maximum absolute atomic E-state index is 11.4. The second-order valence-corrected chi connectivity index (χ2v) is 4.23. The zero-order valence-electron chi connectivity index (χ0n) is 11.0. The van der Waals surface area contributed by atoms with Crippen LogP contribution in [0, 0.1) is 0 Å². The Balaban J connectivity index is 2.68. The Labute approximate surface area is 107 Å². The minimum absolute atomic E-state index is 0.416. The van der Waals surface area contributed by atoms with Crippen LogP contribution < -0.4 is 15.8 Å². The number of rotatable bonds is 7. The Hall–Kier alpha value is -1.66. The monoisotopic (exact) mass is 252 g/mol. The summed E-state index contributed by atoms with van der Waals surface area (Å²) in [7, 11) is 5.48. The van der Waals surface area contributed by atoms with Gasteiger partial charge in [0.25, 0.3) is 0 Å². The number of hydrogen-bond acceptors (Lipinski definition) is 5. The summed E-state index contributed by atoms with van der Waals surface area (Å²) < 4.78 is 4.97. The highest BCUT2D eigenvalue weighted by Gasteiger charge is 2.17. The summed E-state index contributed by atoms with van der Waals surface area (Å²) in [5.74, 6) is 0.0935. The summed E-state index contributed by atoms with van der Waals surface area (Å²) in [4.78, 5) is 17.5. The number of nitrogens with zero attached hydrogens (tertiary/aromatic N) is 2. The number of nitrogens with two attached hydrogens (primary N) is 1. The number of ether oxygens (including phenoxy) is 1. The van der Waals surface area contributed by atoms with Crippen molar-refractivity contribution in [1.29, 1.82) is 0 Å². The molecule has 1 heterocycles. The third-order valence-corrected chi connectivity index (χ3v) is 2.49. The van der Waals surface area contributed by atoms with E-state index in [1.165, 1.54) is 0 Å². The van der Waals surface area contributed by atoms with Crippen molar-refractivity contribution in [2.24, 2.45) is 5.73 Å². The van der Waals surface area contributed by atoms with Crippen molar-refractivity contribution in [3.05, 3.63) is 23.9 Å². The second kappa shape index (κ2) is 6.93. The number of primary amides is 1. The Morgan fingerprint density at radius 2 is 2.28 bits per heavy atom. The molecule has 100 valence electrons. The highest BCUT2D eigenvalue weighted by Crippen LogP contribution is 2.14. The van der Waals surface area contributed by atoms with Crippen molar-refractivity contribution in [2.45, 2.75) is 6.04 Å². The van der Waals surface area contributed by atoms with E-state index in [-0.39, 0.29) is 0 Å². The smallest absolute Gasteiger partial charge is 0.239 e. The van der Waals surface area contributed by atoms with E-state index in [0.717, 1.165) is 12.1 Å². The summed E-state index contributed by atoms with van der Waals surface area (Å²) in [6.45, 7) is 1.50. The predicted molar refractivity (Wildman–Crippen MR) is 69.3 cm³/mol. The maximum atomic E-state index is 11.4. The number of methoxy groups -OCH3 is 1. The number of pyridine rings is 1. The molecule has 0 spiro atoms. The van der Waals surface area contributed by atoms with Gasteiger partial charge in [0, 0.05) is 25.4 Å². The van der Waals surface area contributed by atoms with Gasteiger partial charge in [-0.25, -0.2) is 4.98 Å². The number of amides is 1. The number of carbonyl (C=O) groups is 1. The third kappa shape index (κ3) is 4.31. The van der Waals surface area contributed by atoms with Crippen LogP contribution in [0.3, 0.4) is 0 Å². The highest BCUT2D eigenvalue weighted by atomic mass is 16.5. The molecule has 1 aromatic rings. The molecule has 6 heteroatoms. The van der Waals surface area contributed by atoms with Crippen LogP contribution in [0.4, 0.5) is 0 Å². The van der Waals surface area contributed by atoms with E-state index in [2.05, 4.69) is 10.3 Å². The van der Waals surface area contributed by atoms with Crippen LogP contribution >= 0.6 is 0 Å². The fourth-order valence-corrected chi connectivity index (χ4v) is 1.50. The van der Waals surface area contributed by atoms with Crippen LogP contribution in [0.1, 0.15) is 11.6 Å². The quantitative estimate of drug-likeness (QED) is 0.700. The van der Waals surface area contributed by atoms with E-state index in [0.29, 0.717) is 12.4 Å². The molecule has 0 bridgehead atoms. The Morgan fingerprint density at radius 3 is 2.72 bits per heavy atom. The SMILES string of the molecule is COc1ccc(C(NCCN(C)C)C(N)=O)cn1. The van der Waals surface area contributed by atoms with Crippen LogP contribution in [0.15, 0.2) is 18.3 Å². The molecule has 0 saturated heterocycles. The first-order valence-corrected chi connectivity index (χ1v) is 5.72. The molecule has 1 atom stereocenters. The minimum Gasteiger partial charge on any atom is -0.481 e. The Kier molecular flexibility index (Phi) is 5.54. The molecule has 0 aliphatic carbocycles. The summed E-state index contributed by atoms with van der Waals surface area (Å²) in [6, 6.07) is 2.96. The van der Waals surface area contributed by atoms with Crippen LogP contribution in [0.25, 0.3) is 0 Å². The summed E-state index contributed by atoms with van der Waals surface area (Å²) in [5, 5.41) is 3.11. The molecule has 1 rings (SSSR count). The van der Waals surface area contributed by atoms with Crippen molar-refractivity contribution >= 4 is 5.91 Å². The van der Waals surface area contributed by atoms with Gasteiger partial charge < -0.3 is 20.7 Å². The fourth-order valence-electron chi connectivity index (χ4n) is 1.50. The topological polar surface area (TPSA) is 80.5 Å². The lowest BCUT2D eigenvalue weighted by atomic mass is 10.1. The molecule has 0 radical (unpaired) electrons. The van der Waals surface area contributed by atoms with Gasteiger partial charge in [0.2, 0.25) is 11.8 Å². The molecule has 0 aliphatic rings. The van der Waals surface area contributed by atoms with Crippen molar-refractivity contribution in [3.63, 3.8) is 0 Å². The summed E-state index contributed by atoms with van der Waals surface area (Å²) >= 11 is 0. The molecule has 0 aromatic carbocycles. The zero-order valence-corrected chi connectivity index (χ0v) is 11.0. The van der Waals surface area contributed by atoms with Crippen molar-refractivity contribution in [2.75, 3.05) is 34.3 Å². The van der Waals surface area contributed by atoms with Gasteiger partial charge in [-0.3, -0.25) is 4.79 Å². The molecule has 3 N–H and O–H groups in total. The van der Waals surface area contributed by atoms with Crippen molar-refractivity contribution in [1.82, 2.24) is 15.2 Å². The molecule has 0 aliphatic heterocycles. The molecule has 0 fully saturated rings. The van der Waals surface area contributed by atoms with E-state index >= 15 is 0 Å². The lowest BCUT2D eigenvalue weighted by molar-refractivity contribution is -0.120. The van der Waals surface area contributed by atoms with Gasteiger partial charge in [-0.2, -0.15) is 0 Å². The average molecular weight is 252 g/mol. The molecule has 6 nitrogen and oxygen atoms in total. The first-order chi connectivity index (χ1) is 8.54. The van der Waals surface area contributed by atoms with Crippen molar-refractivity contribution in [3.8, 4) is 5.88 Å². The van der Waals surface area contributed by atoms with E-state index < -0.39 is 11.9 Å². The highest BCUT2D eigenvalue weighted by molar-refractivity contribution is 5.81. The number of aromatic nitrogens is 1. The van der Waals surface area contributed by atoms with E-state index in [4.69, 9.17) is 10.5 Å². The predicted octanol–water partition coefficient (Wildman–Crippen LogP) is -0.232. The van der Waals surface area contributed by atoms with E-state index in [1.54, 1.807) is 25.4 Å². The standard InChI is InChI=1S/C12H20N4O2/c1-16(2)7-6-14-11(12(13)17)9-4-5-10(18-3)15-8-9/h4-5,8,11,14H,6-7H2,1-3H3,(H2,13,17). The first kappa shape index (κ1) is 14.4. The Morgan fingerprint density at radius 1 is 1.56 bits per heavy atom. The van der Waals surface area contributed by atoms with Crippen molar-refractivity contribution < 1.29 is 9.53 Å². The van der Waals surface area contributed by atoms with Gasteiger partial charge in [0.15, 0.2) is 0 Å². The molecular weight excluding hydrogens is 232 g/mol. The minimum atomic E-state index is -0.525. The molecule has 18 heavy (non-hydrogen) atoms. The lowest BCUT2D eigenvalue weighted by Crippen LogP contribution is -2.37. The molecular formula is C12H20N4O2. The maximum Gasteiger partial charge on any atom is 0.239 e. The van der Waals surface area contributed by atoms with Crippen LogP contribution in [0.2, 0.25) is 0 Å². The first-order valence-electron chi connectivity index (χ1n) is 5.72. The van der Waals surface area contributed by atoms with Gasteiger partial charge in [-0.1, -0.05) is 6.07 Å². The van der Waals surface area contributed by atoms with Gasteiger partial charge in [0.1, 0.15) is 6.04 Å². The van der Waals surface area contributed by atoms with Crippen LogP contribution in [-0.4, -0.2) is 50.1 Å². The van der Waals surface area contributed by atoms with Gasteiger partial charge in [-0.05, 0) is 19.7 Å². The normalized spacial score (nSPS) is 12.4. The number of carbonyl (C=O) groups excluding carboxylic acids is 1. The van der Waals surface area contributed by atoms with Gasteiger partial charge >= 0.3 is 0 Å². The average Bonchev–Trinajstić information content (AvgIpc) is 2.34. The van der Waals surface area contributed by atoms with E-state index in [1.807, 2.05) is 19.0 Å². The third-order valence-electron chi connectivity index (χ3n) is 2.49. The summed E-state index contributed by atoms with van der Waals surface area (Å²) in [6.07, 6.45) is 1.59.